The van der Waals surface area contributed by atoms with Gasteiger partial charge in [0.25, 0.3) is 6.29 Å². The Morgan fingerprint density at radius 2 is 1.00 bits per heavy atom. The quantitative estimate of drug-likeness (QED) is 0.0220. The average Bonchev–Trinajstić information content (AvgIpc) is 3.17. The van der Waals surface area contributed by atoms with Gasteiger partial charge in [-0.1, -0.05) is 136 Å². The zero-order valence-corrected chi connectivity index (χ0v) is 35.9. The first-order valence-electron chi connectivity index (χ1n) is 21.1. The molecule has 0 aliphatic heterocycles. The van der Waals surface area contributed by atoms with Gasteiger partial charge in [-0.15, -0.1) is 0 Å². The van der Waals surface area contributed by atoms with Gasteiger partial charge < -0.3 is 28.5 Å². The first-order chi connectivity index (χ1) is 27.6. The standard InChI is InChI=1S/C48H75NO8/c1-6-8-10-12-14-16-18-20-22-23-25-26-28-30-32-34-36-38-45(50)55-42-44(43-56-48(47(52)53)54-41-40-49(3,4)5)57-46(51)39-37-35-33-31-29-27-24-21-19-17-15-13-11-9-7-2/h8-11,14-17,20-22,24-26,29,31,35,37,44,48H,6-7,12-13,18-19,23,27-28,30,32-34,36,38-43H2,1-5H3/p+1/b10-8-,11-9-,16-14-,17-15-,22-20-,24-21-,26-25-,31-29-,37-35-. The summed E-state index contributed by atoms with van der Waals surface area (Å²) in [6, 6.07) is 0. The highest BCUT2D eigenvalue weighted by atomic mass is 16.7. The van der Waals surface area contributed by atoms with E-state index in [9.17, 15) is 19.5 Å². The molecule has 2 atom stereocenters. The molecule has 1 N–H and O–H groups in total. The lowest BCUT2D eigenvalue weighted by molar-refractivity contribution is -0.870. The third kappa shape index (κ3) is 40.0. The van der Waals surface area contributed by atoms with Crippen LogP contribution in [0.1, 0.15) is 117 Å². The Morgan fingerprint density at radius 3 is 1.47 bits per heavy atom. The minimum Gasteiger partial charge on any atom is -0.477 e. The Bertz CT molecular complexity index is 1300. The van der Waals surface area contributed by atoms with Gasteiger partial charge in [-0.25, -0.2) is 4.79 Å². The van der Waals surface area contributed by atoms with Gasteiger partial charge in [-0.05, 0) is 77.0 Å². The third-order valence-electron chi connectivity index (χ3n) is 8.06. The van der Waals surface area contributed by atoms with Crippen molar-refractivity contribution in [3.8, 4) is 0 Å². The monoisotopic (exact) mass is 795 g/mol. The van der Waals surface area contributed by atoms with Gasteiger partial charge in [0.2, 0.25) is 0 Å². The molecule has 0 saturated carbocycles. The Balaban J connectivity index is 4.68. The molecule has 0 spiro atoms. The van der Waals surface area contributed by atoms with Crippen LogP contribution >= 0.6 is 0 Å². The van der Waals surface area contributed by atoms with Gasteiger partial charge in [0.05, 0.1) is 40.8 Å². The summed E-state index contributed by atoms with van der Waals surface area (Å²) >= 11 is 0. The zero-order chi connectivity index (χ0) is 42.1. The highest BCUT2D eigenvalue weighted by Gasteiger charge is 2.24. The molecular formula is C48H76NO8+. The Hall–Kier alpha value is -4.05. The number of allylic oxidation sites excluding steroid dienone is 17. The van der Waals surface area contributed by atoms with Crippen molar-refractivity contribution in [3.05, 3.63) is 109 Å². The van der Waals surface area contributed by atoms with Gasteiger partial charge in [-0.2, -0.15) is 0 Å². The number of carbonyl (C=O) groups excluding carboxylic acids is 2. The predicted molar refractivity (Wildman–Crippen MR) is 235 cm³/mol. The van der Waals surface area contributed by atoms with Crippen LogP contribution < -0.4 is 0 Å². The molecule has 0 aromatic heterocycles. The van der Waals surface area contributed by atoms with Crippen LogP contribution in [0.2, 0.25) is 0 Å². The van der Waals surface area contributed by atoms with E-state index in [1.807, 2.05) is 33.3 Å². The third-order valence-corrected chi connectivity index (χ3v) is 8.06. The lowest BCUT2D eigenvalue weighted by Gasteiger charge is -2.25. The van der Waals surface area contributed by atoms with E-state index in [1.165, 1.54) is 0 Å². The second kappa shape index (κ2) is 38.8. The molecule has 0 radical (unpaired) electrons. The summed E-state index contributed by atoms with van der Waals surface area (Å²) in [5.74, 6) is -2.23. The van der Waals surface area contributed by atoms with E-state index in [0.29, 0.717) is 23.9 Å². The van der Waals surface area contributed by atoms with Gasteiger partial charge in [0.15, 0.2) is 6.10 Å². The van der Waals surface area contributed by atoms with Crippen LogP contribution in [0.4, 0.5) is 0 Å². The van der Waals surface area contributed by atoms with E-state index in [1.54, 1.807) is 6.08 Å². The summed E-state index contributed by atoms with van der Waals surface area (Å²) in [5.41, 5.74) is 0. The molecule has 9 nitrogen and oxygen atoms in total. The Labute approximate surface area is 345 Å². The smallest absolute Gasteiger partial charge is 0.361 e. The first kappa shape index (κ1) is 53.0. The van der Waals surface area contributed by atoms with Crippen LogP contribution in [0.15, 0.2) is 109 Å². The number of ether oxygens (including phenoxy) is 4. The molecule has 0 aliphatic carbocycles. The lowest BCUT2D eigenvalue weighted by atomic mass is 10.1. The summed E-state index contributed by atoms with van der Waals surface area (Å²) in [4.78, 5) is 37.0. The number of rotatable bonds is 36. The van der Waals surface area contributed by atoms with Crippen molar-refractivity contribution in [2.75, 3.05) is 47.5 Å². The average molecular weight is 795 g/mol. The van der Waals surface area contributed by atoms with E-state index in [0.717, 1.165) is 77.0 Å². The van der Waals surface area contributed by atoms with Crippen LogP contribution in [-0.2, 0) is 33.3 Å². The molecule has 0 amide bonds. The predicted octanol–water partition coefficient (Wildman–Crippen LogP) is 10.9. The number of nitrogens with zero attached hydrogens (tertiary/aromatic N) is 1. The van der Waals surface area contributed by atoms with Gasteiger partial charge >= 0.3 is 17.9 Å². The van der Waals surface area contributed by atoms with Gasteiger partial charge in [0.1, 0.15) is 13.2 Å². The van der Waals surface area contributed by atoms with Gasteiger partial charge in [0, 0.05) is 6.42 Å². The molecule has 0 aromatic carbocycles. The van der Waals surface area contributed by atoms with Crippen molar-refractivity contribution in [2.24, 2.45) is 0 Å². The number of likely N-dealkylation sites (N-methyl/N-ethyl adjacent to an activating group) is 1. The van der Waals surface area contributed by atoms with Crippen LogP contribution in [0, 0.1) is 0 Å². The van der Waals surface area contributed by atoms with Crippen molar-refractivity contribution >= 4 is 17.9 Å². The van der Waals surface area contributed by atoms with Crippen molar-refractivity contribution in [1.29, 1.82) is 0 Å². The summed E-state index contributed by atoms with van der Waals surface area (Å²) in [6.07, 6.45) is 49.0. The maximum absolute atomic E-state index is 12.7. The molecule has 0 aliphatic rings. The topological polar surface area (TPSA) is 108 Å². The van der Waals surface area contributed by atoms with E-state index in [4.69, 9.17) is 18.9 Å². The zero-order valence-electron chi connectivity index (χ0n) is 35.9. The minimum atomic E-state index is -1.55. The SMILES string of the molecule is CC/C=C\C/C=C\C/C=C\C/C=C\C/C=C\CC(=O)OC(COC(=O)CCCCCC/C=C\C/C=C\C/C=C\C/C=C\CC)COC(OCC[N+](C)(C)C)C(=O)O. The normalized spacial score (nSPS) is 14.1. The molecule has 0 aromatic rings. The molecule has 0 heterocycles. The number of quaternary nitrogens is 1. The maximum atomic E-state index is 12.7. The molecule has 0 fully saturated rings. The summed E-state index contributed by atoms with van der Waals surface area (Å²) in [7, 11) is 5.90. The molecule has 9 heteroatoms. The number of carboxylic acid groups (broad SMARTS) is 1. The lowest BCUT2D eigenvalue weighted by Crippen LogP contribution is -2.40. The molecule has 0 bridgehead atoms. The van der Waals surface area contributed by atoms with Crippen LogP contribution in [0.5, 0.6) is 0 Å². The van der Waals surface area contributed by atoms with E-state index >= 15 is 0 Å². The number of carboxylic acids is 1. The number of unbranched alkanes of at least 4 members (excludes halogenated alkanes) is 4. The Kier molecular flexibility index (Phi) is 36.0. The van der Waals surface area contributed by atoms with Crippen molar-refractivity contribution < 1.29 is 42.9 Å². The van der Waals surface area contributed by atoms with E-state index in [2.05, 4.69) is 105 Å². The largest absolute Gasteiger partial charge is 0.477 e. The maximum Gasteiger partial charge on any atom is 0.361 e. The Morgan fingerprint density at radius 1 is 0.544 bits per heavy atom. The van der Waals surface area contributed by atoms with Crippen LogP contribution in [0.25, 0.3) is 0 Å². The number of hydrogen-bond donors (Lipinski definition) is 1. The fourth-order valence-electron chi connectivity index (χ4n) is 4.84. The number of esters is 2. The fraction of sp³-hybridized carbons (Fsp3) is 0.562. The summed E-state index contributed by atoms with van der Waals surface area (Å²) < 4.78 is 22.5. The molecule has 2 unspecified atom stereocenters. The van der Waals surface area contributed by atoms with E-state index < -0.39 is 30.3 Å². The number of hydrogen-bond acceptors (Lipinski definition) is 7. The molecule has 57 heavy (non-hydrogen) atoms. The van der Waals surface area contributed by atoms with E-state index in [-0.39, 0.29) is 32.7 Å². The summed E-state index contributed by atoms with van der Waals surface area (Å²) in [6.45, 7) is 4.45. The highest BCUT2D eigenvalue weighted by Crippen LogP contribution is 2.09. The number of aliphatic carboxylic acids is 1. The number of carbonyl (C=O) groups is 3. The first-order valence-corrected chi connectivity index (χ1v) is 21.1. The second-order valence-corrected chi connectivity index (χ2v) is 14.5. The molecule has 0 saturated heterocycles. The van der Waals surface area contributed by atoms with Crippen molar-refractivity contribution in [2.45, 2.75) is 129 Å². The molecule has 0 rings (SSSR count). The minimum absolute atomic E-state index is 0.0151. The van der Waals surface area contributed by atoms with Crippen LogP contribution in [-0.4, -0.2) is 87.4 Å². The van der Waals surface area contributed by atoms with Gasteiger partial charge in [-0.3, -0.25) is 9.59 Å². The van der Waals surface area contributed by atoms with Crippen LogP contribution in [0.3, 0.4) is 0 Å². The molecular weight excluding hydrogens is 719 g/mol. The molecule has 320 valence electrons. The van der Waals surface area contributed by atoms with Crippen molar-refractivity contribution in [3.63, 3.8) is 0 Å². The van der Waals surface area contributed by atoms with Crippen molar-refractivity contribution in [1.82, 2.24) is 0 Å². The highest BCUT2D eigenvalue weighted by molar-refractivity contribution is 5.72. The second-order valence-electron chi connectivity index (χ2n) is 14.5. The fourth-order valence-corrected chi connectivity index (χ4v) is 4.84. The summed E-state index contributed by atoms with van der Waals surface area (Å²) in [5, 5.41) is 9.61.